The molecular formula is C31H31NO5. The van der Waals surface area contributed by atoms with Gasteiger partial charge in [0, 0.05) is 18.5 Å². The molecule has 3 aromatic rings. The third kappa shape index (κ3) is 4.96. The summed E-state index contributed by atoms with van der Waals surface area (Å²) in [7, 11) is 0. The van der Waals surface area contributed by atoms with E-state index < -0.39 is 17.7 Å². The fraction of sp³-hybridized carbons (Fsp3) is 0.290. The van der Waals surface area contributed by atoms with Crippen molar-refractivity contribution >= 4 is 17.4 Å². The molecule has 2 atom stereocenters. The van der Waals surface area contributed by atoms with Gasteiger partial charge in [-0.15, -0.1) is 0 Å². The molecule has 0 unspecified atom stereocenters. The van der Waals surface area contributed by atoms with E-state index in [1.165, 1.54) is 0 Å². The number of nitrogens with zero attached hydrogens (tertiary/aromatic N) is 1. The van der Waals surface area contributed by atoms with Crippen LogP contribution in [0, 0.1) is 0 Å². The summed E-state index contributed by atoms with van der Waals surface area (Å²) in [5.74, 6) is -0.0184. The molecule has 0 bridgehead atoms. The van der Waals surface area contributed by atoms with Gasteiger partial charge in [-0.2, -0.15) is 0 Å². The van der Waals surface area contributed by atoms with Crippen molar-refractivity contribution in [3.63, 3.8) is 0 Å². The molecule has 0 aromatic heterocycles. The number of rotatable bonds is 8. The molecule has 5 rings (SSSR count). The monoisotopic (exact) mass is 497 g/mol. The standard InChI is InChI=1S/C31H31NO5/c1-3-16-36-25-11-7-10-22(19-25)28-27(29(33)23-12-13-26-24(18-23)17-20(2)37-26)30(34)31(35)32(28)15-14-21-8-5-4-6-9-21/h4-13,18-20,28,33H,3,14-17H2,1-2H3/t20-,28+/m0/s1. The highest BCUT2D eigenvalue weighted by molar-refractivity contribution is 6.46. The zero-order valence-corrected chi connectivity index (χ0v) is 21.1. The van der Waals surface area contributed by atoms with Crippen LogP contribution in [0.15, 0.2) is 78.4 Å². The molecule has 2 aliphatic rings. The Hall–Kier alpha value is -4.06. The first kappa shape index (κ1) is 24.6. The molecule has 3 aromatic carbocycles. The van der Waals surface area contributed by atoms with Crippen molar-refractivity contribution in [3.8, 4) is 11.5 Å². The Balaban J connectivity index is 1.57. The summed E-state index contributed by atoms with van der Waals surface area (Å²) >= 11 is 0. The number of hydrogen-bond donors (Lipinski definition) is 1. The van der Waals surface area contributed by atoms with E-state index in [2.05, 4.69) is 0 Å². The Labute approximate surface area is 217 Å². The first-order valence-electron chi connectivity index (χ1n) is 12.8. The lowest BCUT2D eigenvalue weighted by atomic mass is 9.94. The Morgan fingerprint density at radius 3 is 2.65 bits per heavy atom. The Kier molecular flexibility index (Phi) is 6.99. The minimum atomic E-state index is -0.725. The van der Waals surface area contributed by atoms with Gasteiger partial charge in [-0.3, -0.25) is 9.59 Å². The predicted molar refractivity (Wildman–Crippen MR) is 142 cm³/mol. The summed E-state index contributed by atoms with van der Waals surface area (Å²) in [6.45, 7) is 4.93. The van der Waals surface area contributed by atoms with Gasteiger partial charge >= 0.3 is 0 Å². The van der Waals surface area contributed by atoms with Crippen molar-refractivity contribution in [1.29, 1.82) is 0 Å². The summed E-state index contributed by atoms with van der Waals surface area (Å²) in [6.07, 6.45) is 2.23. The Morgan fingerprint density at radius 1 is 1.05 bits per heavy atom. The van der Waals surface area contributed by atoms with Crippen molar-refractivity contribution in [2.45, 2.75) is 45.3 Å². The van der Waals surface area contributed by atoms with Crippen LogP contribution in [0.2, 0.25) is 0 Å². The second-order valence-electron chi connectivity index (χ2n) is 9.60. The molecule has 190 valence electrons. The minimum Gasteiger partial charge on any atom is -0.507 e. The van der Waals surface area contributed by atoms with Gasteiger partial charge in [0.05, 0.1) is 18.2 Å². The molecule has 1 fully saturated rings. The topological polar surface area (TPSA) is 76.1 Å². The van der Waals surface area contributed by atoms with Gasteiger partial charge in [0.25, 0.3) is 11.7 Å². The lowest BCUT2D eigenvalue weighted by molar-refractivity contribution is -0.139. The maximum Gasteiger partial charge on any atom is 0.295 e. The molecule has 0 saturated carbocycles. The summed E-state index contributed by atoms with van der Waals surface area (Å²) in [5, 5.41) is 11.5. The minimum absolute atomic E-state index is 0.0572. The number of aliphatic hydroxyl groups is 1. The molecule has 6 heteroatoms. The molecule has 1 amide bonds. The van der Waals surface area contributed by atoms with Crippen LogP contribution < -0.4 is 9.47 Å². The van der Waals surface area contributed by atoms with Crippen LogP contribution >= 0.6 is 0 Å². The van der Waals surface area contributed by atoms with Crippen LogP contribution in [0.25, 0.3) is 5.76 Å². The van der Waals surface area contributed by atoms with E-state index in [-0.39, 0.29) is 17.4 Å². The molecular weight excluding hydrogens is 466 g/mol. The number of fused-ring (bicyclic) bond motifs is 1. The molecule has 2 aliphatic heterocycles. The quantitative estimate of drug-likeness (QED) is 0.254. The van der Waals surface area contributed by atoms with Crippen molar-refractivity contribution in [3.05, 3.63) is 101 Å². The van der Waals surface area contributed by atoms with Crippen LogP contribution in [-0.4, -0.2) is 41.0 Å². The largest absolute Gasteiger partial charge is 0.507 e. The van der Waals surface area contributed by atoms with Gasteiger partial charge in [-0.1, -0.05) is 49.4 Å². The second kappa shape index (κ2) is 10.5. The van der Waals surface area contributed by atoms with Gasteiger partial charge in [0.1, 0.15) is 23.4 Å². The zero-order chi connectivity index (χ0) is 25.9. The number of hydrogen-bond acceptors (Lipinski definition) is 5. The first-order valence-corrected chi connectivity index (χ1v) is 12.8. The van der Waals surface area contributed by atoms with E-state index >= 15 is 0 Å². The highest BCUT2D eigenvalue weighted by Crippen LogP contribution is 2.41. The van der Waals surface area contributed by atoms with Crippen molar-refractivity contribution < 1.29 is 24.2 Å². The van der Waals surface area contributed by atoms with Crippen molar-refractivity contribution in [2.24, 2.45) is 0 Å². The fourth-order valence-corrected chi connectivity index (χ4v) is 5.07. The molecule has 37 heavy (non-hydrogen) atoms. The summed E-state index contributed by atoms with van der Waals surface area (Å²) in [6, 6.07) is 22.0. The number of Topliss-reactive ketones (excluding diaryl/α,β-unsaturated/α-hetero) is 1. The number of aliphatic hydroxyl groups excluding tert-OH is 1. The van der Waals surface area contributed by atoms with E-state index in [9.17, 15) is 14.7 Å². The van der Waals surface area contributed by atoms with E-state index in [1.54, 1.807) is 11.0 Å². The van der Waals surface area contributed by atoms with E-state index in [1.807, 2.05) is 80.6 Å². The van der Waals surface area contributed by atoms with Gasteiger partial charge < -0.3 is 19.5 Å². The lowest BCUT2D eigenvalue weighted by Gasteiger charge is -2.26. The Bertz CT molecular complexity index is 1350. The highest BCUT2D eigenvalue weighted by atomic mass is 16.5. The van der Waals surface area contributed by atoms with Crippen LogP contribution in [0.5, 0.6) is 11.5 Å². The second-order valence-corrected chi connectivity index (χ2v) is 9.60. The summed E-state index contributed by atoms with van der Waals surface area (Å²) in [5.41, 5.74) is 3.36. The SMILES string of the molecule is CCCOc1cccc([C@@H]2C(=C(O)c3ccc4c(c3)C[C@H](C)O4)C(=O)C(=O)N2CCc2ccccc2)c1. The van der Waals surface area contributed by atoms with Crippen molar-refractivity contribution in [1.82, 2.24) is 4.90 Å². The number of likely N-dealkylation sites (tertiary alicyclic amines) is 1. The third-order valence-corrected chi connectivity index (χ3v) is 6.84. The molecule has 1 N–H and O–H groups in total. The number of ketones is 1. The van der Waals surface area contributed by atoms with Crippen LogP contribution in [-0.2, 0) is 22.4 Å². The average Bonchev–Trinajstić information content (AvgIpc) is 3.41. The third-order valence-electron chi connectivity index (χ3n) is 6.84. The van der Waals surface area contributed by atoms with Crippen LogP contribution in [0.1, 0.15) is 48.6 Å². The summed E-state index contributed by atoms with van der Waals surface area (Å²) < 4.78 is 11.6. The highest BCUT2D eigenvalue weighted by Gasteiger charge is 2.46. The molecule has 2 heterocycles. The van der Waals surface area contributed by atoms with Crippen LogP contribution in [0.4, 0.5) is 0 Å². The number of amides is 1. The van der Waals surface area contributed by atoms with E-state index in [4.69, 9.17) is 9.47 Å². The number of carbonyl (C=O) groups excluding carboxylic acids is 2. The van der Waals surface area contributed by atoms with E-state index in [0.717, 1.165) is 35.3 Å². The fourth-order valence-electron chi connectivity index (χ4n) is 5.07. The lowest BCUT2D eigenvalue weighted by Crippen LogP contribution is -2.31. The molecule has 0 aliphatic carbocycles. The molecule has 0 spiro atoms. The zero-order valence-electron chi connectivity index (χ0n) is 21.1. The number of benzene rings is 3. The summed E-state index contributed by atoms with van der Waals surface area (Å²) in [4.78, 5) is 28.3. The normalized spacial score (nSPS) is 20.1. The van der Waals surface area contributed by atoms with Gasteiger partial charge in [0.15, 0.2) is 0 Å². The number of ether oxygens (including phenoxy) is 2. The van der Waals surface area contributed by atoms with Gasteiger partial charge in [-0.25, -0.2) is 0 Å². The van der Waals surface area contributed by atoms with Gasteiger partial charge in [0.2, 0.25) is 0 Å². The van der Waals surface area contributed by atoms with Gasteiger partial charge in [-0.05, 0) is 66.8 Å². The van der Waals surface area contributed by atoms with Crippen LogP contribution in [0.3, 0.4) is 0 Å². The smallest absolute Gasteiger partial charge is 0.295 e. The molecule has 0 radical (unpaired) electrons. The maximum atomic E-state index is 13.4. The van der Waals surface area contributed by atoms with E-state index in [0.29, 0.717) is 30.9 Å². The molecule has 6 nitrogen and oxygen atoms in total. The molecule has 1 saturated heterocycles. The average molecular weight is 498 g/mol. The first-order chi connectivity index (χ1) is 18.0. The Morgan fingerprint density at radius 2 is 1.86 bits per heavy atom. The maximum absolute atomic E-state index is 13.4. The predicted octanol–water partition coefficient (Wildman–Crippen LogP) is 5.46. The number of carbonyl (C=O) groups is 2. The van der Waals surface area contributed by atoms with Crippen molar-refractivity contribution in [2.75, 3.05) is 13.2 Å².